The number of anilines is 1. The summed E-state index contributed by atoms with van der Waals surface area (Å²) in [6.07, 6.45) is 0. The van der Waals surface area contributed by atoms with E-state index in [0.29, 0.717) is 6.04 Å². The van der Waals surface area contributed by atoms with Gasteiger partial charge in [0.15, 0.2) is 0 Å². The largest absolute Gasteiger partial charge is 0.399 e. The standard InChI is InChI=1S/C16H24N4/c1-5-20-16(9-12(2)18-20)11-19(4)13(3)14-7-6-8-15(17)10-14/h6-10,13H,5,11,17H2,1-4H3. The van der Waals surface area contributed by atoms with Crippen molar-refractivity contribution in [1.82, 2.24) is 14.7 Å². The molecule has 0 fully saturated rings. The molecule has 4 heteroatoms. The van der Waals surface area contributed by atoms with Crippen LogP contribution in [0.1, 0.15) is 36.8 Å². The molecule has 2 aromatic rings. The minimum absolute atomic E-state index is 0.319. The van der Waals surface area contributed by atoms with Crippen LogP contribution in [0.3, 0.4) is 0 Å². The van der Waals surface area contributed by atoms with Crippen molar-refractivity contribution >= 4 is 5.69 Å². The predicted octanol–water partition coefficient (Wildman–Crippen LogP) is 2.99. The summed E-state index contributed by atoms with van der Waals surface area (Å²) in [6.45, 7) is 8.15. The van der Waals surface area contributed by atoms with Gasteiger partial charge in [0.25, 0.3) is 0 Å². The number of hydrogen-bond acceptors (Lipinski definition) is 3. The smallest absolute Gasteiger partial charge is 0.0597 e. The second-order valence-electron chi connectivity index (χ2n) is 5.35. The summed E-state index contributed by atoms with van der Waals surface area (Å²) in [7, 11) is 2.14. The van der Waals surface area contributed by atoms with Gasteiger partial charge in [-0.15, -0.1) is 0 Å². The van der Waals surface area contributed by atoms with E-state index in [1.165, 1.54) is 11.3 Å². The summed E-state index contributed by atoms with van der Waals surface area (Å²) >= 11 is 0. The first-order valence-electron chi connectivity index (χ1n) is 7.10. The van der Waals surface area contributed by atoms with E-state index in [4.69, 9.17) is 5.73 Å². The van der Waals surface area contributed by atoms with Crippen molar-refractivity contribution in [3.8, 4) is 0 Å². The highest BCUT2D eigenvalue weighted by Gasteiger charge is 2.14. The van der Waals surface area contributed by atoms with Gasteiger partial charge in [-0.3, -0.25) is 9.58 Å². The SMILES string of the molecule is CCn1nc(C)cc1CN(C)C(C)c1cccc(N)c1. The van der Waals surface area contributed by atoms with Crippen LogP contribution < -0.4 is 5.73 Å². The van der Waals surface area contributed by atoms with Crippen LogP contribution in [0.4, 0.5) is 5.69 Å². The zero-order valence-corrected chi connectivity index (χ0v) is 12.8. The Kier molecular flexibility index (Phi) is 4.45. The van der Waals surface area contributed by atoms with Crippen molar-refractivity contribution in [2.45, 2.75) is 39.9 Å². The van der Waals surface area contributed by atoms with Crippen LogP contribution in [0.5, 0.6) is 0 Å². The lowest BCUT2D eigenvalue weighted by atomic mass is 10.1. The molecule has 2 rings (SSSR count). The Morgan fingerprint density at radius 2 is 2.10 bits per heavy atom. The van der Waals surface area contributed by atoms with Crippen molar-refractivity contribution in [2.75, 3.05) is 12.8 Å². The van der Waals surface area contributed by atoms with Crippen molar-refractivity contribution in [3.05, 3.63) is 47.3 Å². The van der Waals surface area contributed by atoms with Gasteiger partial charge in [0.05, 0.1) is 11.4 Å². The topological polar surface area (TPSA) is 47.1 Å². The normalized spacial score (nSPS) is 12.8. The average molecular weight is 272 g/mol. The van der Waals surface area contributed by atoms with Crippen LogP contribution in [-0.4, -0.2) is 21.7 Å². The van der Waals surface area contributed by atoms with Gasteiger partial charge in [0.1, 0.15) is 0 Å². The predicted molar refractivity (Wildman–Crippen MR) is 83.4 cm³/mol. The molecule has 0 aliphatic carbocycles. The number of aromatic nitrogens is 2. The first-order chi connectivity index (χ1) is 9.51. The maximum Gasteiger partial charge on any atom is 0.0597 e. The van der Waals surface area contributed by atoms with E-state index >= 15 is 0 Å². The summed E-state index contributed by atoms with van der Waals surface area (Å²) in [4.78, 5) is 2.32. The Hall–Kier alpha value is -1.81. The summed E-state index contributed by atoms with van der Waals surface area (Å²) in [5.41, 5.74) is 10.3. The van der Waals surface area contributed by atoms with Gasteiger partial charge in [0.2, 0.25) is 0 Å². The minimum atomic E-state index is 0.319. The Morgan fingerprint density at radius 3 is 2.75 bits per heavy atom. The van der Waals surface area contributed by atoms with Gasteiger partial charge in [-0.1, -0.05) is 12.1 Å². The molecule has 1 heterocycles. The van der Waals surface area contributed by atoms with E-state index in [9.17, 15) is 0 Å². The molecule has 0 radical (unpaired) electrons. The maximum atomic E-state index is 5.87. The summed E-state index contributed by atoms with van der Waals surface area (Å²) in [5.74, 6) is 0. The Bertz CT molecular complexity index is 574. The molecule has 0 aliphatic rings. The molecule has 20 heavy (non-hydrogen) atoms. The van der Waals surface area contributed by atoms with Crippen LogP contribution in [0.15, 0.2) is 30.3 Å². The number of aryl methyl sites for hydroxylation is 2. The molecule has 0 spiro atoms. The Morgan fingerprint density at radius 1 is 1.35 bits per heavy atom. The minimum Gasteiger partial charge on any atom is -0.399 e. The summed E-state index contributed by atoms with van der Waals surface area (Å²) in [6, 6.07) is 10.6. The fourth-order valence-electron chi connectivity index (χ4n) is 2.47. The molecular formula is C16H24N4. The van der Waals surface area contributed by atoms with E-state index in [1.54, 1.807) is 0 Å². The second-order valence-corrected chi connectivity index (χ2v) is 5.35. The van der Waals surface area contributed by atoms with Crippen molar-refractivity contribution in [2.24, 2.45) is 0 Å². The van der Waals surface area contributed by atoms with E-state index in [2.05, 4.69) is 47.7 Å². The van der Waals surface area contributed by atoms with Crippen molar-refractivity contribution in [3.63, 3.8) is 0 Å². The Balaban J connectivity index is 2.13. The second kappa shape index (κ2) is 6.09. The van der Waals surface area contributed by atoms with E-state index in [-0.39, 0.29) is 0 Å². The quantitative estimate of drug-likeness (QED) is 0.851. The number of nitrogens with zero attached hydrogens (tertiary/aromatic N) is 3. The van der Waals surface area contributed by atoms with Gasteiger partial charge in [-0.2, -0.15) is 5.10 Å². The lowest BCUT2D eigenvalue weighted by molar-refractivity contribution is 0.245. The molecule has 108 valence electrons. The molecule has 0 saturated heterocycles. The zero-order valence-electron chi connectivity index (χ0n) is 12.8. The summed E-state index contributed by atoms with van der Waals surface area (Å²) < 4.78 is 2.07. The molecule has 2 N–H and O–H groups in total. The summed E-state index contributed by atoms with van der Waals surface area (Å²) in [5, 5.41) is 4.50. The van der Waals surface area contributed by atoms with Gasteiger partial charge in [-0.25, -0.2) is 0 Å². The molecule has 4 nitrogen and oxygen atoms in total. The van der Waals surface area contributed by atoms with Gasteiger partial charge < -0.3 is 5.73 Å². The molecule has 1 atom stereocenters. The van der Waals surface area contributed by atoms with Crippen LogP contribution in [-0.2, 0) is 13.1 Å². The monoisotopic (exact) mass is 272 g/mol. The number of hydrogen-bond donors (Lipinski definition) is 1. The van der Waals surface area contributed by atoms with E-state index < -0.39 is 0 Å². The molecule has 1 aromatic heterocycles. The van der Waals surface area contributed by atoms with Gasteiger partial charge in [0, 0.05) is 24.8 Å². The lowest BCUT2D eigenvalue weighted by Crippen LogP contribution is -2.23. The number of nitrogens with two attached hydrogens (primary N) is 1. The molecule has 1 aromatic carbocycles. The first kappa shape index (κ1) is 14.6. The highest BCUT2D eigenvalue weighted by Crippen LogP contribution is 2.22. The molecule has 0 bridgehead atoms. The van der Waals surface area contributed by atoms with Crippen molar-refractivity contribution < 1.29 is 0 Å². The number of rotatable bonds is 5. The average Bonchev–Trinajstić information content (AvgIpc) is 2.77. The molecular weight excluding hydrogens is 248 g/mol. The Labute approximate surface area is 121 Å². The molecule has 0 amide bonds. The third-order valence-electron chi connectivity index (χ3n) is 3.75. The first-order valence-corrected chi connectivity index (χ1v) is 7.10. The highest BCUT2D eigenvalue weighted by atomic mass is 15.3. The third-order valence-corrected chi connectivity index (χ3v) is 3.75. The lowest BCUT2D eigenvalue weighted by Gasteiger charge is -2.25. The highest BCUT2D eigenvalue weighted by molar-refractivity contribution is 5.41. The zero-order chi connectivity index (χ0) is 14.7. The van der Waals surface area contributed by atoms with Crippen LogP contribution in [0.25, 0.3) is 0 Å². The van der Waals surface area contributed by atoms with E-state index in [1.807, 2.05) is 25.1 Å². The van der Waals surface area contributed by atoms with Gasteiger partial charge in [-0.05, 0) is 51.6 Å². The van der Waals surface area contributed by atoms with Crippen LogP contribution in [0, 0.1) is 6.92 Å². The van der Waals surface area contributed by atoms with Gasteiger partial charge >= 0.3 is 0 Å². The number of benzene rings is 1. The van der Waals surface area contributed by atoms with Crippen molar-refractivity contribution in [1.29, 1.82) is 0 Å². The third kappa shape index (κ3) is 3.20. The number of nitrogen functional groups attached to an aromatic ring is 1. The molecule has 1 unspecified atom stereocenters. The molecule has 0 aliphatic heterocycles. The molecule has 0 saturated carbocycles. The van der Waals surface area contributed by atoms with E-state index in [0.717, 1.165) is 24.5 Å². The fourth-order valence-corrected chi connectivity index (χ4v) is 2.47. The van der Waals surface area contributed by atoms with Crippen LogP contribution >= 0.6 is 0 Å². The van der Waals surface area contributed by atoms with Crippen LogP contribution in [0.2, 0.25) is 0 Å². The fraction of sp³-hybridized carbons (Fsp3) is 0.438. The maximum absolute atomic E-state index is 5.87.